The van der Waals surface area contributed by atoms with Crippen molar-refractivity contribution in [2.75, 3.05) is 19.7 Å². The molecule has 0 aromatic heterocycles. The van der Waals surface area contributed by atoms with Crippen LogP contribution in [0.5, 0.6) is 0 Å². The smallest absolute Gasteiger partial charge is 0.241 e. The van der Waals surface area contributed by atoms with Crippen LogP contribution >= 0.6 is 0 Å². The molecule has 1 aliphatic carbocycles. The van der Waals surface area contributed by atoms with Gasteiger partial charge < -0.3 is 20.9 Å². The van der Waals surface area contributed by atoms with Crippen LogP contribution in [0.15, 0.2) is 24.3 Å². The van der Waals surface area contributed by atoms with E-state index in [2.05, 4.69) is 22.3 Å². The summed E-state index contributed by atoms with van der Waals surface area (Å²) in [6.07, 6.45) is 2.06. The SMILES string of the molecule is CCOC1CC(N)(C(=O)NCc2ccccc2CN2CCC(O)CC2)C1(C)C. The average molecular weight is 390 g/mol. The Morgan fingerprint density at radius 2 is 1.93 bits per heavy atom. The number of likely N-dealkylation sites (tertiary alicyclic amines) is 1. The van der Waals surface area contributed by atoms with Gasteiger partial charge in [-0.2, -0.15) is 0 Å². The van der Waals surface area contributed by atoms with Gasteiger partial charge in [-0.15, -0.1) is 0 Å². The lowest BCUT2D eigenvalue weighted by Crippen LogP contribution is -2.75. The zero-order valence-electron chi connectivity index (χ0n) is 17.4. The van der Waals surface area contributed by atoms with Crippen LogP contribution in [0.3, 0.4) is 0 Å². The van der Waals surface area contributed by atoms with E-state index in [1.54, 1.807) is 0 Å². The minimum Gasteiger partial charge on any atom is -0.393 e. The summed E-state index contributed by atoms with van der Waals surface area (Å²) in [6, 6.07) is 8.21. The predicted molar refractivity (Wildman–Crippen MR) is 110 cm³/mol. The van der Waals surface area contributed by atoms with Crippen LogP contribution in [0.1, 0.15) is 51.2 Å². The van der Waals surface area contributed by atoms with Crippen molar-refractivity contribution in [1.82, 2.24) is 10.2 Å². The quantitative estimate of drug-likeness (QED) is 0.662. The van der Waals surface area contributed by atoms with E-state index in [4.69, 9.17) is 10.5 Å². The summed E-state index contributed by atoms with van der Waals surface area (Å²) in [5.41, 5.74) is 7.53. The number of piperidine rings is 1. The molecule has 6 heteroatoms. The van der Waals surface area contributed by atoms with Crippen LogP contribution < -0.4 is 11.1 Å². The van der Waals surface area contributed by atoms with Gasteiger partial charge in [0.1, 0.15) is 5.54 Å². The highest BCUT2D eigenvalue weighted by Crippen LogP contribution is 2.49. The van der Waals surface area contributed by atoms with Crippen molar-refractivity contribution in [1.29, 1.82) is 0 Å². The van der Waals surface area contributed by atoms with Crippen LogP contribution in [-0.2, 0) is 22.6 Å². The molecule has 1 aromatic carbocycles. The molecule has 0 spiro atoms. The maximum Gasteiger partial charge on any atom is 0.241 e. The Hall–Kier alpha value is -1.47. The molecule has 28 heavy (non-hydrogen) atoms. The summed E-state index contributed by atoms with van der Waals surface area (Å²) >= 11 is 0. The molecule has 156 valence electrons. The molecular weight excluding hydrogens is 354 g/mol. The molecule has 2 aliphatic rings. The third-order valence-corrected chi connectivity index (χ3v) is 6.74. The summed E-state index contributed by atoms with van der Waals surface area (Å²) in [4.78, 5) is 15.3. The molecule has 3 rings (SSSR count). The maximum atomic E-state index is 12.9. The molecule has 2 atom stereocenters. The summed E-state index contributed by atoms with van der Waals surface area (Å²) in [6.45, 7) is 9.73. The van der Waals surface area contributed by atoms with Gasteiger partial charge in [-0.1, -0.05) is 38.1 Å². The number of ether oxygens (including phenoxy) is 1. The van der Waals surface area contributed by atoms with Gasteiger partial charge in [0.05, 0.1) is 12.2 Å². The lowest BCUT2D eigenvalue weighted by atomic mass is 9.54. The van der Waals surface area contributed by atoms with Gasteiger partial charge in [0.2, 0.25) is 5.91 Å². The normalized spacial score (nSPS) is 28.0. The second-order valence-electron chi connectivity index (χ2n) is 8.80. The van der Waals surface area contributed by atoms with E-state index in [-0.39, 0.29) is 23.5 Å². The lowest BCUT2D eigenvalue weighted by molar-refractivity contribution is -0.170. The Morgan fingerprint density at radius 1 is 1.29 bits per heavy atom. The first kappa shape index (κ1) is 21.2. The van der Waals surface area contributed by atoms with E-state index in [1.807, 2.05) is 32.9 Å². The summed E-state index contributed by atoms with van der Waals surface area (Å²) in [7, 11) is 0. The van der Waals surface area contributed by atoms with Gasteiger partial charge >= 0.3 is 0 Å². The highest BCUT2D eigenvalue weighted by molar-refractivity contribution is 5.88. The van der Waals surface area contributed by atoms with Crippen LogP contribution in [0.25, 0.3) is 0 Å². The number of amides is 1. The minimum atomic E-state index is -0.898. The van der Waals surface area contributed by atoms with Crippen molar-refractivity contribution in [3.05, 3.63) is 35.4 Å². The Morgan fingerprint density at radius 3 is 2.54 bits per heavy atom. The zero-order valence-corrected chi connectivity index (χ0v) is 17.4. The highest BCUT2D eigenvalue weighted by Gasteiger charge is 2.62. The first-order chi connectivity index (χ1) is 13.3. The van der Waals surface area contributed by atoms with Crippen LogP contribution in [-0.4, -0.2) is 53.4 Å². The second kappa shape index (κ2) is 8.49. The maximum absolute atomic E-state index is 12.9. The fraction of sp³-hybridized carbons (Fsp3) is 0.682. The Bertz CT molecular complexity index is 685. The summed E-state index contributed by atoms with van der Waals surface area (Å²) in [5, 5.41) is 12.8. The number of nitrogens with one attached hydrogen (secondary N) is 1. The fourth-order valence-corrected chi connectivity index (χ4v) is 4.36. The van der Waals surface area contributed by atoms with E-state index in [1.165, 1.54) is 5.56 Å². The summed E-state index contributed by atoms with van der Waals surface area (Å²) < 4.78 is 5.73. The molecule has 0 bridgehead atoms. The molecule has 4 N–H and O–H groups in total. The van der Waals surface area contributed by atoms with Crippen molar-refractivity contribution in [2.24, 2.45) is 11.1 Å². The number of aliphatic hydroxyl groups is 1. The number of hydrogen-bond acceptors (Lipinski definition) is 5. The van der Waals surface area contributed by atoms with Gasteiger partial charge in [-0.05, 0) is 30.9 Å². The number of aliphatic hydroxyl groups excluding tert-OH is 1. The second-order valence-corrected chi connectivity index (χ2v) is 8.80. The summed E-state index contributed by atoms with van der Waals surface area (Å²) in [5.74, 6) is -0.107. The van der Waals surface area contributed by atoms with E-state index in [0.29, 0.717) is 19.6 Å². The van der Waals surface area contributed by atoms with Crippen molar-refractivity contribution in [2.45, 2.75) is 70.9 Å². The van der Waals surface area contributed by atoms with Crippen molar-refractivity contribution < 1.29 is 14.6 Å². The predicted octanol–water partition coefficient (Wildman–Crippen LogP) is 1.79. The molecular formula is C22H35N3O3. The zero-order chi connectivity index (χ0) is 20.4. The number of carbonyl (C=O) groups is 1. The fourth-order valence-electron chi connectivity index (χ4n) is 4.36. The molecule has 6 nitrogen and oxygen atoms in total. The van der Waals surface area contributed by atoms with Crippen molar-refractivity contribution in [3.8, 4) is 0 Å². The van der Waals surface area contributed by atoms with E-state index < -0.39 is 5.54 Å². The molecule has 1 amide bonds. The monoisotopic (exact) mass is 389 g/mol. The molecule has 1 aliphatic heterocycles. The molecule has 1 saturated heterocycles. The van der Waals surface area contributed by atoms with Gasteiger partial charge in [-0.3, -0.25) is 9.69 Å². The molecule has 1 saturated carbocycles. The van der Waals surface area contributed by atoms with Crippen LogP contribution in [0.4, 0.5) is 0 Å². The number of rotatable bonds is 7. The Kier molecular flexibility index (Phi) is 6.44. The largest absolute Gasteiger partial charge is 0.393 e. The van der Waals surface area contributed by atoms with E-state index in [9.17, 15) is 9.90 Å². The Balaban J connectivity index is 1.60. The molecule has 1 heterocycles. The minimum absolute atomic E-state index is 0.0231. The Labute approximate surface area is 168 Å². The van der Waals surface area contributed by atoms with Crippen LogP contribution in [0.2, 0.25) is 0 Å². The molecule has 0 radical (unpaired) electrons. The third kappa shape index (κ3) is 4.10. The number of nitrogens with two attached hydrogens (primary N) is 1. The molecule has 1 aromatic rings. The topological polar surface area (TPSA) is 87.8 Å². The standard InChI is InChI=1S/C22H35N3O3/c1-4-28-19-13-22(23,21(19,2)3)20(27)24-14-16-7-5-6-8-17(16)15-25-11-9-18(26)10-12-25/h5-8,18-19,26H,4,9-15,23H2,1-3H3,(H,24,27). The van der Waals surface area contributed by atoms with Crippen molar-refractivity contribution >= 4 is 5.91 Å². The number of hydrogen-bond donors (Lipinski definition) is 3. The number of benzene rings is 1. The van der Waals surface area contributed by atoms with Gasteiger partial charge in [-0.25, -0.2) is 0 Å². The highest BCUT2D eigenvalue weighted by atomic mass is 16.5. The van der Waals surface area contributed by atoms with Crippen molar-refractivity contribution in [3.63, 3.8) is 0 Å². The average Bonchev–Trinajstić information content (AvgIpc) is 2.68. The van der Waals surface area contributed by atoms with E-state index in [0.717, 1.165) is 38.0 Å². The third-order valence-electron chi connectivity index (χ3n) is 6.74. The van der Waals surface area contributed by atoms with Gasteiger partial charge in [0.15, 0.2) is 0 Å². The number of nitrogens with zero attached hydrogens (tertiary/aromatic N) is 1. The lowest BCUT2D eigenvalue weighted by Gasteiger charge is -2.57. The van der Waals surface area contributed by atoms with Gasteiger partial charge in [0, 0.05) is 44.6 Å². The number of carbonyl (C=O) groups excluding carboxylic acids is 1. The first-order valence-electron chi connectivity index (χ1n) is 10.4. The van der Waals surface area contributed by atoms with Gasteiger partial charge in [0.25, 0.3) is 0 Å². The molecule has 2 fully saturated rings. The van der Waals surface area contributed by atoms with Crippen LogP contribution in [0, 0.1) is 5.41 Å². The molecule has 2 unspecified atom stereocenters. The first-order valence-corrected chi connectivity index (χ1v) is 10.4. The van der Waals surface area contributed by atoms with E-state index >= 15 is 0 Å².